The first-order valence-corrected chi connectivity index (χ1v) is 6.61. The molecule has 0 bridgehead atoms. The average molecular weight is 255 g/mol. The zero-order valence-corrected chi connectivity index (χ0v) is 10.6. The van der Waals surface area contributed by atoms with Crippen LogP contribution < -0.4 is 5.73 Å². The number of thiophene rings is 1. The number of para-hydroxylation sites is 1. The standard InChI is InChI=1S/C14H13N3S/c15-12-5-2-1-4-11(12)10-17-8-7-16-14(17)13-6-3-9-18-13/h1-9H,10,15H2. The van der Waals surface area contributed by atoms with E-state index in [-0.39, 0.29) is 0 Å². The summed E-state index contributed by atoms with van der Waals surface area (Å²) in [7, 11) is 0. The molecule has 0 saturated heterocycles. The van der Waals surface area contributed by atoms with Crippen LogP contribution in [0.1, 0.15) is 5.56 Å². The molecule has 0 spiro atoms. The molecule has 90 valence electrons. The number of rotatable bonds is 3. The maximum atomic E-state index is 5.97. The monoisotopic (exact) mass is 255 g/mol. The molecule has 3 rings (SSSR count). The fourth-order valence-corrected chi connectivity index (χ4v) is 2.67. The molecule has 2 aromatic heterocycles. The van der Waals surface area contributed by atoms with Gasteiger partial charge in [0.15, 0.2) is 0 Å². The highest BCUT2D eigenvalue weighted by Gasteiger charge is 2.08. The Morgan fingerprint density at radius 3 is 2.83 bits per heavy atom. The van der Waals surface area contributed by atoms with Crippen molar-refractivity contribution in [1.29, 1.82) is 0 Å². The molecule has 0 fully saturated rings. The Hall–Kier alpha value is -2.07. The molecule has 0 radical (unpaired) electrons. The van der Waals surface area contributed by atoms with E-state index < -0.39 is 0 Å². The first kappa shape index (κ1) is 11.0. The molecule has 0 aliphatic heterocycles. The van der Waals surface area contributed by atoms with E-state index in [2.05, 4.69) is 21.0 Å². The molecule has 0 aliphatic carbocycles. The Labute approximate surface area is 110 Å². The van der Waals surface area contributed by atoms with Gasteiger partial charge in [-0.15, -0.1) is 11.3 Å². The van der Waals surface area contributed by atoms with E-state index in [1.54, 1.807) is 11.3 Å². The summed E-state index contributed by atoms with van der Waals surface area (Å²) in [6.07, 6.45) is 3.82. The lowest BCUT2D eigenvalue weighted by atomic mass is 10.2. The van der Waals surface area contributed by atoms with Crippen molar-refractivity contribution in [2.24, 2.45) is 0 Å². The number of hydrogen-bond donors (Lipinski definition) is 1. The summed E-state index contributed by atoms with van der Waals surface area (Å²) in [5.74, 6) is 0.994. The van der Waals surface area contributed by atoms with Crippen molar-refractivity contribution in [2.75, 3.05) is 5.73 Å². The fourth-order valence-electron chi connectivity index (χ4n) is 1.93. The largest absolute Gasteiger partial charge is 0.398 e. The van der Waals surface area contributed by atoms with Gasteiger partial charge in [0, 0.05) is 18.1 Å². The summed E-state index contributed by atoms with van der Waals surface area (Å²) in [6, 6.07) is 12.1. The molecule has 3 aromatic rings. The van der Waals surface area contributed by atoms with Crippen molar-refractivity contribution >= 4 is 17.0 Å². The SMILES string of the molecule is Nc1ccccc1Cn1ccnc1-c1cccs1. The van der Waals surface area contributed by atoms with Crippen LogP contribution in [-0.4, -0.2) is 9.55 Å². The van der Waals surface area contributed by atoms with E-state index in [1.807, 2.05) is 42.7 Å². The number of hydrogen-bond acceptors (Lipinski definition) is 3. The van der Waals surface area contributed by atoms with Crippen molar-refractivity contribution in [3.05, 3.63) is 59.7 Å². The van der Waals surface area contributed by atoms with Gasteiger partial charge in [-0.1, -0.05) is 24.3 Å². The molecule has 3 nitrogen and oxygen atoms in total. The third kappa shape index (κ3) is 2.02. The summed E-state index contributed by atoms with van der Waals surface area (Å²) < 4.78 is 2.12. The maximum absolute atomic E-state index is 5.97. The van der Waals surface area contributed by atoms with E-state index in [0.29, 0.717) is 0 Å². The van der Waals surface area contributed by atoms with E-state index >= 15 is 0 Å². The zero-order chi connectivity index (χ0) is 12.4. The van der Waals surface area contributed by atoms with Gasteiger partial charge in [0.1, 0.15) is 5.82 Å². The third-order valence-corrected chi connectivity index (χ3v) is 3.72. The molecule has 0 unspecified atom stereocenters. The summed E-state index contributed by atoms with van der Waals surface area (Å²) in [5.41, 5.74) is 7.92. The number of anilines is 1. The second-order valence-electron chi connectivity index (χ2n) is 4.05. The quantitative estimate of drug-likeness (QED) is 0.730. The van der Waals surface area contributed by atoms with Crippen molar-refractivity contribution in [3.8, 4) is 10.7 Å². The number of benzene rings is 1. The molecule has 2 heterocycles. The van der Waals surface area contributed by atoms with Crippen molar-refractivity contribution in [3.63, 3.8) is 0 Å². The van der Waals surface area contributed by atoms with E-state index in [0.717, 1.165) is 23.6 Å². The van der Waals surface area contributed by atoms with Gasteiger partial charge in [-0.2, -0.15) is 0 Å². The van der Waals surface area contributed by atoms with Gasteiger partial charge in [0.05, 0.1) is 11.4 Å². The van der Waals surface area contributed by atoms with Crippen LogP contribution in [0.2, 0.25) is 0 Å². The summed E-state index contributed by atoms with van der Waals surface area (Å²) in [6.45, 7) is 0.750. The Morgan fingerprint density at radius 2 is 2.06 bits per heavy atom. The van der Waals surface area contributed by atoms with Crippen LogP contribution in [0.3, 0.4) is 0 Å². The first-order valence-electron chi connectivity index (χ1n) is 5.73. The third-order valence-electron chi connectivity index (χ3n) is 2.85. The van der Waals surface area contributed by atoms with Crippen LogP contribution in [0.25, 0.3) is 10.7 Å². The number of imidazole rings is 1. The molecule has 4 heteroatoms. The lowest BCUT2D eigenvalue weighted by molar-refractivity contribution is 0.811. The van der Waals surface area contributed by atoms with Crippen LogP contribution in [0, 0.1) is 0 Å². The number of nitrogens with zero attached hydrogens (tertiary/aromatic N) is 2. The van der Waals surface area contributed by atoms with Gasteiger partial charge in [-0.3, -0.25) is 0 Å². The van der Waals surface area contributed by atoms with Gasteiger partial charge in [0.2, 0.25) is 0 Å². The van der Waals surface area contributed by atoms with Gasteiger partial charge < -0.3 is 10.3 Å². The topological polar surface area (TPSA) is 43.8 Å². The minimum Gasteiger partial charge on any atom is -0.398 e. The molecule has 0 saturated carbocycles. The lowest BCUT2D eigenvalue weighted by Crippen LogP contribution is -2.03. The van der Waals surface area contributed by atoms with Gasteiger partial charge in [-0.05, 0) is 23.1 Å². The second-order valence-corrected chi connectivity index (χ2v) is 5.00. The van der Waals surface area contributed by atoms with Crippen LogP contribution in [0.4, 0.5) is 5.69 Å². The van der Waals surface area contributed by atoms with Crippen LogP contribution in [0.5, 0.6) is 0 Å². The van der Waals surface area contributed by atoms with Crippen LogP contribution >= 0.6 is 11.3 Å². The highest BCUT2D eigenvalue weighted by Crippen LogP contribution is 2.24. The van der Waals surface area contributed by atoms with Crippen LogP contribution in [-0.2, 0) is 6.54 Å². The van der Waals surface area contributed by atoms with Gasteiger partial charge in [0.25, 0.3) is 0 Å². The van der Waals surface area contributed by atoms with E-state index in [1.165, 1.54) is 4.88 Å². The Kier molecular flexibility index (Phi) is 2.86. The zero-order valence-electron chi connectivity index (χ0n) is 9.78. The predicted molar refractivity (Wildman–Crippen MR) is 75.5 cm³/mol. The van der Waals surface area contributed by atoms with E-state index in [9.17, 15) is 0 Å². The Morgan fingerprint density at radius 1 is 1.17 bits per heavy atom. The van der Waals surface area contributed by atoms with Crippen LogP contribution in [0.15, 0.2) is 54.2 Å². The predicted octanol–water partition coefficient (Wildman–Crippen LogP) is 3.24. The smallest absolute Gasteiger partial charge is 0.150 e. The molecule has 2 N–H and O–H groups in total. The van der Waals surface area contributed by atoms with E-state index in [4.69, 9.17) is 5.73 Å². The van der Waals surface area contributed by atoms with Crippen molar-refractivity contribution < 1.29 is 0 Å². The molecule has 1 aromatic carbocycles. The summed E-state index contributed by atoms with van der Waals surface area (Å²) >= 11 is 1.69. The molecular formula is C14H13N3S. The highest BCUT2D eigenvalue weighted by molar-refractivity contribution is 7.13. The number of nitrogens with two attached hydrogens (primary N) is 1. The Balaban J connectivity index is 1.95. The molecule has 0 atom stereocenters. The number of aromatic nitrogens is 2. The molecule has 0 aliphatic rings. The average Bonchev–Trinajstić information content (AvgIpc) is 3.02. The lowest BCUT2D eigenvalue weighted by Gasteiger charge is -2.08. The highest BCUT2D eigenvalue weighted by atomic mass is 32.1. The van der Waals surface area contributed by atoms with Crippen molar-refractivity contribution in [1.82, 2.24) is 9.55 Å². The fraction of sp³-hybridized carbons (Fsp3) is 0.0714. The van der Waals surface area contributed by atoms with Crippen molar-refractivity contribution in [2.45, 2.75) is 6.54 Å². The summed E-state index contributed by atoms with van der Waals surface area (Å²) in [5, 5.41) is 2.06. The molecule has 0 amide bonds. The van der Waals surface area contributed by atoms with Gasteiger partial charge >= 0.3 is 0 Å². The maximum Gasteiger partial charge on any atom is 0.150 e. The first-order chi connectivity index (χ1) is 8.84. The van der Waals surface area contributed by atoms with Gasteiger partial charge in [-0.25, -0.2) is 4.98 Å². The molecule has 18 heavy (non-hydrogen) atoms. The Bertz CT molecular complexity index is 641. The second kappa shape index (κ2) is 4.66. The minimum atomic E-state index is 0.750. The summed E-state index contributed by atoms with van der Waals surface area (Å²) in [4.78, 5) is 5.59. The number of nitrogen functional groups attached to an aromatic ring is 1. The minimum absolute atomic E-state index is 0.750. The molecular weight excluding hydrogens is 242 g/mol. The normalized spacial score (nSPS) is 10.7.